The highest BCUT2D eigenvalue weighted by atomic mass is 15.0. The zero-order valence-electron chi connectivity index (χ0n) is 12.0. The molecule has 0 aliphatic heterocycles. The van der Waals surface area contributed by atoms with E-state index in [1.807, 2.05) is 0 Å². The van der Waals surface area contributed by atoms with Gasteiger partial charge in [0.25, 0.3) is 0 Å². The summed E-state index contributed by atoms with van der Waals surface area (Å²) in [5.41, 5.74) is 5.44. The van der Waals surface area contributed by atoms with Crippen LogP contribution >= 0.6 is 0 Å². The number of aromatic nitrogens is 1. The van der Waals surface area contributed by atoms with Crippen molar-refractivity contribution in [3.05, 3.63) is 53.3 Å². The van der Waals surface area contributed by atoms with E-state index < -0.39 is 0 Å². The van der Waals surface area contributed by atoms with Gasteiger partial charge in [-0.2, -0.15) is 0 Å². The lowest BCUT2D eigenvalue weighted by Crippen LogP contribution is -2.05. The van der Waals surface area contributed by atoms with E-state index in [0.717, 1.165) is 5.92 Å². The van der Waals surface area contributed by atoms with Gasteiger partial charge in [0.15, 0.2) is 0 Å². The van der Waals surface area contributed by atoms with Crippen molar-refractivity contribution < 1.29 is 0 Å². The van der Waals surface area contributed by atoms with Gasteiger partial charge in [0.1, 0.15) is 0 Å². The summed E-state index contributed by atoms with van der Waals surface area (Å²) in [6, 6.07) is 13.6. The van der Waals surface area contributed by atoms with E-state index in [2.05, 4.69) is 54.8 Å². The Labute approximate surface area is 116 Å². The molecule has 1 aliphatic carbocycles. The molecule has 100 valence electrons. The SMILES string of the molecule is Cc1ccc(C)n1-c1ccc(C2CCCCC2)cc1. The van der Waals surface area contributed by atoms with Gasteiger partial charge in [-0.3, -0.25) is 0 Å². The van der Waals surface area contributed by atoms with Crippen LogP contribution in [0.3, 0.4) is 0 Å². The Kier molecular flexibility index (Phi) is 3.46. The van der Waals surface area contributed by atoms with Crippen LogP contribution in [0.15, 0.2) is 36.4 Å². The van der Waals surface area contributed by atoms with E-state index in [1.54, 1.807) is 0 Å². The molecule has 0 spiro atoms. The minimum Gasteiger partial charge on any atom is -0.319 e. The molecule has 2 aromatic rings. The second-order valence-electron chi connectivity index (χ2n) is 5.88. The molecule has 1 aromatic heterocycles. The number of benzene rings is 1. The van der Waals surface area contributed by atoms with Crippen LogP contribution in [0.1, 0.15) is 55.0 Å². The van der Waals surface area contributed by atoms with Crippen molar-refractivity contribution in [2.45, 2.75) is 51.9 Å². The second kappa shape index (κ2) is 5.24. The molecule has 1 fully saturated rings. The Morgan fingerprint density at radius 3 is 1.95 bits per heavy atom. The summed E-state index contributed by atoms with van der Waals surface area (Å²) in [7, 11) is 0. The van der Waals surface area contributed by atoms with Crippen molar-refractivity contribution in [3.8, 4) is 5.69 Å². The van der Waals surface area contributed by atoms with Crippen LogP contribution in [0.2, 0.25) is 0 Å². The Balaban J connectivity index is 1.86. The lowest BCUT2D eigenvalue weighted by Gasteiger charge is -2.22. The smallest absolute Gasteiger partial charge is 0.0455 e. The first-order valence-electron chi connectivity index (χ1n) is 7.51. The molecule has 1 aliphatic rings. The molecule has 0 radical (unpaired) electrons. The molecule has 1 heteroatoms. The Hall–Kier alpha value is -1.50. The zero-order valence-corrected chi connectivity index (χ0v) is 12.0. The van der Waals surface area contributed by atoms with E-state index in [9.17, 15) is 0 Å². The topological polar surface area (TPSA) is 4.93 Å². The summed E-state index contributed by atoms with van der Waals surface area (Å²) in [4.78, 5) is 0. The number of hydrogen-bond acceptors (Lipinski definition) is 0. The van der Waals surface area contributed by atoms with Crippen molar-refractivity contribution >= 4 is 0 Å². The van der Waals surface area contributed by atoms with Gasteiger partial charge in [-0.15, -0.1) is 0 Å². The van der Waals surface area contributed by atoms with Crippen LogP contribution in [0, 0.1) is 13.8 Å². The van der Waals surface area contributed by atoms with Crippen molar-refractivity contribution in [2.75, 3.05) is 0 Å². The van der Waals surface area contributed by atoms with Gasteiger partial charge in [0, 0.05) is 17.1 Å². The monoisotopic (exact) mass is 253 g/mol. The predicted molar refractivity (Wildman–Crippen MR) is 81.1 cm³/mol. The first-order valence-corrected chi connectivity index (χ1v) is 7.51. The third kappa shape index (κ3) is 2.47. The Bertz CT molecular complexity index is 522. The van der Waals surface area contributed by atoms with Crippen molar-refractivity contribution in [2.24, 2.45) is 0 Å². The summed E-state index contributed by atoms with van der Waals surface area (Å²) in [6.45, 7) is 4.34. The molecule has 3 rings (SSSR count). The lowest BCUT2D eigenvalue weighted by atomic mass is 9.84. The summed E-state index contributed by atoms with van der Waals surface area (Å²) >= 11 is 0. The summed E-state index contributed by atoms with van der Waals surface area (Å²) in [5.74, 6) is 0.801. The molecule has 0 bridgehead atoms. The average molecular weight is 253 g/mol. The molecule has 19 heavy (non-hydrogen) atoms. The highest BCUT2D eigenvalue weighted by molar-refractivity contribution is 5.40. The van der Waals surface area contributed by atoms with Crippen molar-refractivity contribution in [1.82, 2.24) is 4.57 Å². The third-order valence-electron chi connectivity index (χ3n) is 4.50. The Morgan fingerprint density at radius 2 is 1.37 bits per heavy atom. The second-order valence-corrected chi connectivity index (χ2v) is 5.88. The fourth-order valence-corrected chi connectivity index (χ4v) is 3.41. The summed E-state index contributed by atoms with van der Waals surface area (Å²) in [5, 5.41) is 0. The predicted octanol–water partition coefficient (Wildman–Crippen LogP) is 5.14. The maximum Gasteiger partial charge on any atom is 0.0455 e. The van der Waals surface area contributed by atoms with Crippen LogP contribution in [-0.4, -0.2) is 4.57 Å². The molecule has 1 heterocycles. The lowest BCUT2D eigenvalue weighted by molar-refractivity contribution is 0.443. The van der Waals surface area contributed by atoms with Gasteiger partial charge in [-0.1, -0.05) is 31.4 Å². The van der Waals surface area contributed by atoms with E-state index >= 15 is 0 Å². The highest BCUT2D eigenvalue weighted by Gasteiger charge is 2.15. The quantitative estimate of drug-likeness (QED) is 0.698. The zero-order chi connectivity index (χ0) is 13.2. The first-order chi connectivity index (χ1) is 9.25. The highest BCUT2D eigenvalue weighted by Crippen LogP contribution is 2.33. The number of hydrogen-bond donors (Lipinski definition) is 0. The molecule has 0 atom stereocenters. The maximum absolute atomic E-state index is 2.34. The average Bonchev–Trinajstić information content (AvgIpc) is 2.79. The molecule has 1 saturated carbocycles. The number of rotatable bonds is 2. The van der Waals surface area contributed by atoms with Gasteiger partial charge in [-0.05, 0) is 62.4 Å². The summed E-state index contributed by atoms with van der Waals surface area (Å²) < 4.78 is 2.32. The first kappa shape index (κ1) is 12.5. The van der Waals surface area contributed by atoms with Gasteiger partial charge < -0.3 is 4.57 Å². The van der Waals surface area contributed by atoms with E-state index in [0.29, 0.717) is 0 Å². The molecule has 0 saturated heterocycles. The normalized spacial score (nSPS) is 16.7. The minimum absolute atomic E-state index is 0.801. The fourth-order valence-electron chi connectivity index (χ4n) is 3.41. The van der Waals surface area contributed by atoms with Crippen LogP contribution < -0.4 is 0 Å². The van der Waals surface area contributed by atoms with Gasteiger partial charge >= 0.3 is 0 Å². The van der Waals surface area contributed by atoms with Gasteiger partial charge in [0.2, 0.25) is 0 Å². The Morgan fingerprint density at radius 1 is 0.789 bits per heavy atom. The van der Waals surface area contributed by atoms with E-state index in [4.69, 9.17) is 0 Å². The standard InChI is InChI=1S/C18H23N/c1-14-8-9-15(2)19(14)18-12-10-17(11-13-18)16-6-4-3-5-7-16/h8-13,16H,3-7H2,1-2H3. The van der Waals surface area contributed by atoms with E-state index in [-0.39, 0.29) is 0 Å². The molecular weight excluding hydrogens is 230 g/mol. The molecule has 0 amide bonds. The molecular formula is C18H23N. The van der Waals surface area contributed by atoms with Crippen LogP contribution in [0.4, 0.5) is 0 Å². The van der Waals surface area contributed by atoms with Gasteiger partial charge in [0.05, 0.1) is 0 Å². The van der Waals surface area contributed by atoms with Gasteiger partial charge in [-0.25, -0.2) is 0 Å². The third-order valence-corrected chi connectivity index (χ3v) is 4.50. The molecule has 0 unspecified atom stereocenters. The molecule has 1 nitrogen and oxygen atoms in total. The maximum atomic E-state index is 2.34. The van der Waals surface area contributed by atoms with Crippen molar-refractivity contribution in [1.29, 1.82) is 0 Å². The summed E-state index contributed by atoms with van der Waals surface area (Å²) in [6.07, 6.45) is 6.99. The van der Waals surface area contributed by atoms with E-state index in [1.165, 1.54) is 54.7 Å². The largest absolute Gasteiger partial charge is 0.319 e. The van der Waals surface area contributed by atoms with Crippen LogP contribution in [-0.2, 0) is 0 Å². The number of nitrogens with zero attached hydrogens (tertiary/aromatic N) is 1. The van der Waals surface area contributed by atoms with Crippen LogP contribution in [0.5, 0.6) is 0 Å². The number of aryl methyl sites for hydroxylation is 2. The molecule has 1 aromatic carbocycles. The minimum atomic E-state index is 0.801. The van der Waals surface area contributed by atoms with Crippen LogP contribution in [0.25, 0.3) is 5.69 Å². The fraction of sp³-hybridized carbons (Fsp3) is 0.444. The van der Waals surface area contributed by atoms with Crippen molar-refractivity contribution in [3.63, 3.8) is 0 Å². The molecule has 0 N–H and O–H groups in total.